The molecule has 0 aliphatic carbocycles. The summed E-state index contributed by atoms with van der Waals surface area (Å²) >= 11 is 0. The first-order valence-corrected chi connectivity index (χ1v) is 11.3. The first-order valence-electron chi connectivity index (χ1n) is 11.3. The van der Waals surface area contributed by atoms with Gasteiger partial charge in [-0.3, -0.25) is 9.48 Å². The SMILES string of the molecule is Cc1nn(Cc2cccc(F)c2)c(C)c1NC(=O)c1ccc(COc2cccc3ccccc23)o1. The standard InChI is InChI=1S/C28H24FN3O3/c1-18-27(19(2)32(31-18)16-20-7-5-10-22(29)15-20)30-28(33)26-14-13-23(35-26)17-34-25-12-6-9-21-8-3-4-11-24(21)25/h3-15H,16-17H2,1-2H3,(H,30,33). The number of ether oxygens (including phenoxy) is 1. The number of rotatable bonds is 7. The Kier molecular flexibility index (Phi) is 6.06. The van der Waals surface area contributed by atoms with Gasteiger partial charge in [0.2, 0.25) is 0 Å². The van der Waals surface area contributed by atoms with Crippen LogP contribution in [0.4, 0.5) is 10.1 Å². The molecule has 2 heterocycles. The normalized spacial score (nSPS) is 11.1. The predicted molar refractivity (Wildman–Crippen MR) is 132 cm³/mol. The molecule has 0 fully saturated rings. The molecular formula is C28H24FN3O3. The molecular weight excluding hydrogens is 445 g/mol. The van der Waals surface area contributed by atoms with E-state index in [4.69, 9.17) is 9.15 Å². The second-order valence-electron chi connectivity index (χ2n) is 8.32. The highest BCUT2D eigenvalue weighted by atomic mass is 19.1. The molecule has 1 N–H and O–H groups in total. The Morgan fingerprint density at radius 2 is 1.83 bits per heavy atom. The maximum absolute atomic E-state index is 13.5. The summed E-state index contributed by atoms with van der Waals surface area (Å²) in [6, 6.07) is 23.6. The first kappa shape index (κ1) is 22.4. The van der Waals surface area contributed by atoms with Crippen LogP contribution in [0.5, 0.6) is 5.75 Å². The van der Waals surface area contributed by atoms with Gasteiger partial charge in [0, 0.05) is 5.39 Å². The Bertz CT molecular complexity index is 1510. The highest BCUT2D eigenvalue weighted by Gasteiger charge is 2.18. The zero-order chi connectivity index (χ0) is 24.4. The minimum atomic E-state index is -0.377. The summed E-state index contributed by atoms with van der Waals surface area (Å²) in [5.74, 6) is 0.799. The van der Waals surface area contributed by atoms with E-state index in [2.05, 4.69) is 10.4 Å². The Balaban J connectivity index is 1.26. The predicted octanol–water partition coefficient (Wildman–Crippen LogP) is 6.26. The quantitative estimate of drug-likeness (QED) is 0.305. The monoisotopic (exact) mass is 469 g/mol. The van der Waals surface area contributed by atoms with Gasteiger partial charge >= 0.3 is 0 Å². The number of carbonyl (C=O) groups is 1. The number of fused-ring (bicyclic) bond motifs is 1. The molecule has 0 unspecified atom stereocenters. The van der Waals surface area contributed by atoms with Crippen LogP contribution in [0.25, 0.3) is 10.8 Å². The molecule has 5 aromatic rings. The molecule has 0 saturated heterocycles. The number of nitrogens with one attached hydrogen (secondary N) is 1. The van der Waals surface area contributed by atoms with Crippen LogP contribution in [0.15, 0.2) is 83.3 Å². The Hall–Kier alpha value is -4.39. The van der Waals surface area contributed by atoms with E-state index < -0.39 is 0 Å². The van der Waals surface area contributed by atoms with Crippen molar-refractivity contribution in [3.8, 4) is 5.75 Å². The van der Waals surface area contributed by atoms with Crippen LogP contribution in [0.1, 0.15) is 33.3 Å². The number of anilines is 1. The summed E-state index contributed by atoms with van der Waals surface area (Å²) in [7, 11) is 0. The van der Waals surface area contributed by atoms with Gasteiger partial charge in [0.05, 0.1) is 23.6 Å². The highest BCUT2D eigenvalue weighted by Crippen LogP contribution is 2.26. The van der Waals surface area contributed by atoms with Gasteiger partial charge in [-0.05, 0) is 55.1 Å². The molecule has 176 valence electrons. The largest absolute Gasteiger partial charge is 0.485 e. The fourth-order valence-corrected chi connectivity index (χ4v) is 4.06. The zero-order valence-electron chi connectivity index (χ0n) is 19.4. The minimum absolute atomic E-state index is 0.179. The van der Waals surface area contributed by atoms with Crippen molar-refractivity contribution in [3.05, 3.63) is 113 Å². The van der Waals surface area contributed by atoms with Gasteiger partial charge in [0.15, 0.2) is 5.76 Å². The second kappa shape index (κ2) is 9.46. The van der Waals surface area contributed by atoms with Crippen molar-refractivity contribution in [1.29, 1.82) is 0 Å². The average Bonchev–Trinajstić information content (AvgIpc) is 3.43. The van der Waals surface area contributed by atoms with E-state index in [-0.39, 0.29) is 24.1 Å². The number of hydrogen-bond donors (Lipinski definition) is 1. The summed E-state index contributed by atoms with van der Waals surface area (Å²) in [4.78, 5) is 12.9. The van der Waals surface area contributed by atoms with Gasteiger partial charge in [-0.1, -0.05) is 48.5 Å². The van der Waals surface area contributed by atoms with Gasteiger partial charge in [-0.25, -0.2) is 4.39 Å². The highest BCUT2D eigenvalue weighted by molar-refractivity contribution is 6.03. The Labute approximate surface area is 202 Å². The summed E-state index contributed by atoms with van der Waals surface area (Å²) in [5, 5.41) is 9.50. The van der Waals surface area contributed by atoms with Crippen LogP contribution in [0, 0.1) is 19.7 Å². The number of amides is 1. The number of aryl methyl sites for hydroxylation is 1. The molecule has 6 nitrogen and oxygen atoms in total. The molecule has 0 aliphatic rings. The van der Waals surface area contributed by atoms with Crippen molar-refractivity contribution < 1.29 is 18.3 Å². The fourth-order valence-electron chi connectivity index (χ4n) is 4.06. The van der Waals surface area contributed by atoms with Crippen LogP contribution >= 0.6 is 0 Å². The molecule has 0 spiro atoms. The van der Waals surface area contributed by atoms with Crippen LogP contribution in [-0.4, -0.2) is 15.7 Å². The van der Waals surface area contributed by atoms with E-state index in [1.54, 1.807) is 22.9 Å². The molecule has 0 bridgehead atoms. The summed E-state index contributed by atoms with van der Waals surface area (Å²) < 4.78 is 27.0. The number of hydrogen-bond acceptors (Lipinski definition) is 4. The van der Waals surface area contributed by atoms with Gasteiger partial charge in [-0.2, -0.15) is 5.10 Å². The third-order valence-corrected chi connectivity index (χ3v) is 5.85. The van der Waals surface area contributed by atoms with E-state index in [1.807, 2.05) is 62.4 Å². The Morgan fingerprint density at radius 1 is 1.03 bits per heavy atom. The molecule has 2 aromatic heterocycles. The molecule has 0 aliphatic heterocycles. The molecule has 0 radical (unpaired) electrons. The van der Waals surface area contributed by atoms with Crippen molar-refractivity contribution in [2.75, 3.05) is 5.32 Å². The van der Waals surface area contributed by atoms with Crippen LogP contribution in [-0.2, 0) is 13.2 Å². The molecule has 5 rings (SSSR count). The molecule has 0 atom stereocenters. The van der Waals surface area contributed by atoms with Crippen LogP contribution in [0.2, 0.25) is 0 Å². The van der Waals surface area contributed by atoms with Gasteiger partial charge in [0.1, 0.15) is 23.9 Å². The van der Waals surface area contributed by atoms with E-state index in [9.17, 15) is 9.18 Å². The maximum Gasteiger partial charge on any atom is 0.291 e. The van der Waals surface area contributed by atoms with Gasteiger partial charge < -0.3 is 14.5 Å². The molecule has 0 saturated carbocycles. The van der Waals surface area contributed by atoms with Crippen molar-refractivity contribution in [1.82, 2.24) is 9.78 Å². The maximum atomic E-state index is 13.5. The van der Waals surface area contributed by atoms with Crippen molar-refractivity contribution in [3.63, 3.8) is 0 Å². The summed E-state index contributed by atoms with van der Waals surface area (Å²) in [6.45, 7) is 4.28. The number of furan rings is 1. The number of aromatic nitrogens is 2. The third kappa shape index (κ3) is 4.80. The van der Waals surface area contributed by atoms with E-state index in [1.165, 1.54) is 12.1 Å². The number of halogens is 1. The summed E-state index contributed by atoms with van der Waals surface area (Å²) in [5.41, 5.74) is 2.83. The smallest absolute Gasteiger partial charge is 0.291 e. The first-order chi connectivity index (χ1) is 17.0. The number of benzene rings is 3. The van der Waals surface area contributed by atoms with E-state index in [0.717, 1.165) is 27.8 Å². The van der Waals surface area contributed by atoms with Crippen molar-refractivity contribution >= 4 is 22.4 Å². The van der Waals surface area contributed by atoms with E-state index >= 15 is 0 Å². The number of carbonyl (C=O) groups excluding carboxylic acids is 1. The number of nitrogens with zero attached hydrogens (tertiary/aromatic N) is 2. The lowest BCUT2D eigenvalue weighted by atomic mass is 10.1. The van der Waals surface area contributed by atoms with Gasteiger partial charge in [0.25, 0.3) is 5.91 Å². The fraction of sp³-hybridized carbons (Fsp3) is 0.143. The lowest BCUT2D eigenvalue weighted by molar-refractivity contribution is 0.0992. The molecule has 35 heavy (non-hydrogen) atoms. The molecule has 7 heteroatoms. The average molecular weight is 470 g/mol. The van der Waals surface area contributed by atoms with Gasteiger partial charge in [-0.15, -0.1) is 0 Å². The van der Waals surface area contributed by atoms with Crippen LogP contribution < -0.4 is 10.1 Å². The third-order valence-electron chi connectivity index (χ3n) is 5.85. The zero-order valence-corrected chi connectivity index (χ0v) is 19.4. The summed E-state index contributed by atoms with van der Waals surface area (Å²) in [6.07, 6.45) is 0. The Morgan fingerprint density at radius 3 is 2.69 bits per heavy atom. The minimum Gasteiger partial charge on any atom is -0.485 e. The molecule has 1 amide bonds. The second-order valence-corrected chi connectivity index (χ2v) is 8.32. The van der Waals surface area contributed by atoms with E-state index in [0.29, 0.717) is 23.7 Å². The van der Waals surface area contributed by atoms with Crippen molar-refractivity contribution in [2.24, 2.45) is 0 Å². The lowest BCUT2D eigenvalue weighted by Gasteiger charge is -2.08. The topological polar surface area (TPSA) is 69.3 Å². The lowest BCUT2D eigenvalue weighted by Crippen LogP contribution is -2.12. The van der Waals surface area contributed by atoms with Crippen LogP contribution in [0.3, 0.4) is 0 Å². The van der Waals surface area contributed by atoms with Crippen molar-refractivity contribution in [2.45, 2.75) is 27.0 Å². The molecule has 3 aromatic carbocycles.